The molecule has 0 bridgehead atoms. The van der Waals surface area contributed by atoms with Crippen molar-refractivity contribution in [2.75, 3.05) is 25.2 Å². The quantitative estimate of drug-likeness (QED) is 0.932. The van der Waals surface area contributed by atoms with Gasteiger partial charge in [0, 0.05) is 24.5 Å². The lowest BCUT2D eigenvalue weighted by atomic mass is 10.1. The molecular formula is C16H19N3O2. The van der Waals surface area contributed by atoms with Crippen LogP contribution in [-0.2, 0) is 0 Å². The fraction of sp³-hybridized carbons (Fsp3) is 0.375. The van der Waals surface area contributed by atoms with Gasteiger partial charge in [0.15, 0.2) is 5.82 Å². The number of ether oxygens (including phenoxy) is 1. The molecule has 1 atom stereocenters. The van der Waals surface area contributed by atoms with Gasteiger partial charge in [-0.25, -0.2) is 4.98 Å². The number of rotatable bonds is 4. The van der Waals surface area contributed by atoms with Gasteiger partial charge in [-0.15, -0.1) is 0 Å². The van der Waals surface area contributed by atoms with Crippen molar-refractivity contribution in [3.8, 4) is 17.0 Å². The Morgan fingerprint density at radius 3 is 2.90 bits per heavy atom. The number of hydrogen-bond donors (Lipinski definition) is 1. The first-order valence-electron chi connectivity index (χ1n) is 7.17. The predicted molar refractivity (Wildman–Crippen MR) is 81.5 cm³/mol. The van der Waals surface area contributed by atoms with Crippen molar-refractivity contribution in [1.29, 1.82) is 0 Å². The number of aliphatic hydroxyl groups is 1. The maximum atomic E-state index is 9.55. The maximum absolute atomic E-state index is 9.55. The van der Waals surface area contributed by atoms with Gasteiger partial charge in [-0.2, -0.15) is 0 Å². The number of hydrogen-bond acceptors (Lipinski definition) is 5. The number of para-hydroxylation sites is 1. The molecule has 110 valence electrons. The van der Waals surface area contributed by atoms with E-state index < -0.39 is 0 Å². The molecule has 0 aliphatic carbocycles. The average Bonchev–Trinajstić information content (AvgIpc) is 3.03. The fourth-order valence-corrected chi connectivity index (χ4v) is 2.88. The molecule has 1 saturated heterocycles. The molecule has 0 radical (unpaired) electrons. The second kappa shape index (κ2) is 6.10. The number of methoxy groups -OCH3 is 1. The van der Waals surface area contributed by atoms with Crippen molar-refractivity contribution in [3.63, 3.8) is 0 Å². The topological polar surface area (TPSA) is 58.5 Å². The van der Waals surface area contributed by atoms with Crippen molar-refractivity contribution in [3.05, 3.63) is 36.7 Å². The molecule has 0 amide bonds. The molecule has 1 aliphatic heterocycles. The summed E-state index contributed by atoms with van der Waals surface area (Å²) in [5, 5.41) is 9.55. The van der Waals surface area contributed by atoms with E-state index in [-0.39, 0.29) is 12.6 Å². The van der Waals surface area contributed by atoms with Gasteiger partial charge in [0.05, 0.1) is 19.8 Å². The summed E-state index contributed by atoms with van der Waals surface area (Å²) in [6.07, 6.45) is 5.43. The molecule has 0 saturated carbocycles. The van der Waals surface area contributed by atoms with Gasteiger partial charge in [0.1, 0.15) is 11.4 Å². The summed E-state index contributed by atoms with van der Waals surface area (Å²) in [4.78, 5) is 11.2. The Morgan fingerprint density at radius 1 is 1.29 bits per heavy atom. The first kappa shape index (κ1) is 13.8. The lowest BCUT2D eigenvalue weighted by molar-refractivity contribution is 0.266. The third-order valence-electron chi connectivity index (χ3n) is 3.90. The zero-order valence-corrected chi connectivity index (χ0v) is 12.1. The number of anilines is 1. The van der Waals surface area contributed by atoms with Crippen LogP contribution in [0.4, 0.5) is 5.82 Å². The first-order valence-corrected chi connectivity index (χ1v) is 7.17. The van der Waals surface area contributed by atoms with Crippen LogP contribution in [0.2, 0.25) is 0 Å². The molecule has 1 aliphatic rings. The zero-order chi connectivity index (χ0) is 14.7. The zero-order valence-electron chi connectivity index (χ0n) is 12.1. The SMILES string of the molecule is COc1ccccc1-c1nccnc1N1CCCC1CO. The van der Waals surface area contributed by atoms with Crippen LogP contribution >= 0.6 is 0 Å². The molecular weight excluding hydrogens is 266 g/mol. The van der Waals surface area contributed by atoms with Crippen LogP contribution in [0, 0.1) is 0 Å². The van der Waals surface area contributed by atoms with E-state index in [2.05, 4.69) is 14.9 Å². The molecule has 1 unspecified atom stereocenters. The Kier molecular flexibility index (Phi) is 4.01. The Balaban J connectivity index is 2.08. The van der Waals surface area contributed by atoms with Crippen LogP contribution in [0.3, 0.4) is 0 Å². The average molecular weight is 285 g/mol. The highest BCUT2D eigenvalue weighted by molar-refractivity contribution is 5.77. The number of nitrogens with zero attached hydrogens (tertiary/aromatic N) is 3. The molecule has 2 aromatic rings. The van der Waals surface area contributed by atoms with Crippen LogP contribution < -0.4 is 9.64 Å². The molecule has 21 heavy (non-hydrogen) atoms. The van der Waals surface area contributed by atoms with Gasteiger partial charge < -0.3 is 14.7 Å². The lowest BCUT2D eigenvalue weighted by Gasteiger charge is -2.26. The summed E-state index contributed by atoms with van der Waals surface area (Å²) in [6, 6.07) is 7.92. The molecule has 1 fully saturated rings. The van der Waals surface area contributed by atoms with Gasteiger partial charge in [0.25, 0.3) is 0 Å². The van der Waals surface area contributed by atoms with E-state index in [9.17, 15) is 5.11 Å². The number of aliphatic hydroxyl groups excluding tert-OH is 1. The normalized spacial score (nSPS) is 18.0. The second-order valence-electron chi connectivity index (χ2n) is 5.10. The maximum Gasteiger partial charge on any atom is 0.155 e. The van der Waals surface area contributed by atoms with Gasteiger partial charge in [0.2, 0.25) is 0 Å². The smallest absolute Gasteiger partial charge is 0.155 e. The van der Waals surface area contributed by atoms with E-state index in [0.29, 0.717) is 0 Å². The molecule has 2 heterocycles. The van der Waals surface area contributed by atoms with Gasteiger partial charge >= 0.3 is 0 Å². The van der Waals surface area contributed by atoms with Crippen LogP contribution in [0.1, 0.15) is 12.8 Å². The minimum absolute atomic E-state index is 0.121. The Bertz CT molecular complexity index is 618. The second-order valence-corrected chi connectivity index (χ2v) is 5.10. The minimum atomic E-state index is 0.121. The summed E-state index contributed by atoms with van der Waals surface area (Å²) in [6.45, 7) is 1.04. The van der Waals surface area contributed by atoms with Crippen LogP contribution in [0.15, 0.2) is 36.7 Å². The highest BCUT2D eigenvalue weighted by Crippen LogP contribution is 2.35. The monoisotopic (exact) mass is 285 g/mol. The molecule has 3 rings (SSSR count). The molecule has 1 aromatic carbocycles. The van der Waals surface area contributed by atoms with E-state index >= 15 is 0 Å². The summed E-state index contributed by atoms with van der Waals surface area (Å²) in [5.41, 5.74) is 1.72. The van der Waals surface area contributed by atoms with Crippen molar-refractivity contribution in [2.45, 2.75) is 18.9 Å². The molecule has 0 spiro atoms. The van der Waals surface area contributed by atoms with E-state index in [4.69, 9.17) is 4.74 Å². The van der Waals surface area contributed by atoms with Crippen molar-refractivity contribution < 1.29 is 9.84 Å². The van der Waals surface area contributed by atoms with Crippen molar-refractivity contribution in [2.24, 2.45) is 0 Å². The number of benzene rings is 1. The van der Waals surface area contributed by atoms with E-state index in [0.717, 1.165) is 42.2 Å². The fourth-order valence-electron chi connectivity index (χ4n) is 2.88. The third-order valence-corrected chi connectivity index (χ3v) is 3.90. The Morgan fingerprint density at radius 2 is 2.10 bits per heavy atom. The summed E-state index contributed by atoms with van der Waals surface area (Å²) < 4.78 is 5.43. The highest BCUT2D eigenvalue weighted by Gasteiger charge is 2.28. The largest absolute Gasteiger partial charge is 0.496 e. The molecule has 5 heteroatoms. The lowest BCUT2D eigenvalue weighted by Crippen LogP contribution is -2.33. The van der Waals surface area contributed by atoms with E-state index in [1.54, 1.807) is 19.5 Å². The number of aromatic nitrogens is 2. The van der Waals surface area contributed by atoms with Crippen molar-refractivity contribution in [1.82, 2.24) is 9.97 Å². The highest BCUT2D eigenvalue weighted by atomic mass is 16.5. The third kappa shape index (κ3) is 2.56. The Labute approximate surface area is 124 Å². The first-order chi connectivity index (χ1) is 10.3. The standard InChI is InChI=1S/C16H19N3O2/c1-21-14-7-3-2-6-13(14)15-16(18-9-8-17-15)19-10-4-5-12(19)11-20/h2-3,6-9,12,20H,4-5,10-11H2,1H3. The van der Waals surface area contributed by atoms with E-state index in [1.165, 1.54) is 0 Å². The molecule has 1 aromatic heterocycles. The molecule has 5 nitrogen and oxygen atoms in total. The summed E-state index contributed by atoms with van der Waals surface area (Å²) in [7, 11) is 1.65. The van der Waals surface area contributed by atoms with Gasteiger partial charge in [-0.1, -0.05) is 12.1 Å². The van der Waals surface area contributed by atoms with Crippen LogP contribution in [0.5, 0.6) is 5.75 Å². The Hall–Kier alpha value is -2.14. The molecule has 1 N–H and O–H groups in total. The van der Waals surface area contributed by atoms with Crippen LogP contribution in [-0.4, -0.2) is 41.4 Å². The van der Waals surface area contributed by atoms with E-state index in [1.807, 2.05) is 24.3 Å². The van der Waals surface area contributed by atoms with Gasteiger partial charge in [-0.3, -0.25) is 4.98 Å². The van der Waals surface area contributed by atoms with Crippen molar-refractivity contribution >= 4 is 5.82 Å². The van der Waals surface area contributed by atoms with Crippen LogP contribution in [0.25, 0.3) is 11.3 Å². The summed E-state index contributed by atoms with van der Waals surface area (Å²) in [5.74, 6) is 1.59. The summed E-state index contributed by atoms with van der Waals surface area (Å²) >= 11 is 0. The van der Waals surface area contributed by atoms with Gasteiger partial charge in [-0.05, 0) is 25.0 Å². The minimum Gasteiger partial charge on any atom is -0.496 e. The predicted octanol–water partition coefficient (Wildman–Crippen LogP) is 2.11.